The van der Waals surface area contributed by atoms with Crippen molar-refractivity contribution in [3.63, 3.8) is 0 Å². The Labute approximate surface area is 120 Å². The molecule has 21 heavy (non-hydrogen) atoms. The van der Waals surface area contributed by atoms with Gasteiger partial charge in [-0.15, -0.1) is 0 Å². The summed E-state index contributed by atoms with van der Waals surface area (Å²) in [5.41, 5.74) is 0.689. The molecule has 0 bridgehead atoms. The van der Waals surface area contributed by atoms with Gasteiger partial charge in [0.25, 0.3) is 5.91 Å². The Bertz CT molecular complexity index is 712. The van der Waals surface area contributed by atoms with E-state index in [-0.39, 0.29) is 29.5 Å². The summed E-state index contributed by atoms with van der Waals surface area (Å²) in [6.45, 7) is -0.257. The number of nitrogens with one attached hydrogen (secondary N) is 1. The van der Waals surface area contributed by atoms with Gasteiger partial charge in [0.15, 0.2) is 0 Å². The van der Waals surface area contributed by atoms with Gasteiger partial charge >= 0.3 is 0 Å². The fourth-order valence-corrected chi connectivity index (χ4v) is 1.63. The fraction of sp³-hybridized carbons (Fsp3) is 0.0667. The molecule has 0 saturated carbocycles. The normalized spacial score (nSPS) is 9.57. The Balaban J connectivity index is 2.19. The molecule has 106 valence electrons. The molecule has 0 aliphatic carbocycles. The number of anilines is 1. The van der Waals surface area contributed by atoms with Crippen molar-refractivity contribution in [2.75, 3.05) is 11.9 Å². The minimum Gasteiger partial charge on any atom is -0.508 e. The molecule has 2 aromatic rings. The Morgan fingerprint density at radius 1 is 1.19 bits per heavy atom. The van der Waals surface area contributed by atoms with Crippen molar-refractivity contribution in [2.24, 2.45) is 0 Å². The molecule has 6 heteroatoms. The van der Waals surface area contributed by atoms with Crippen molar-refractivity contribution in [1.29, 1.82) is 0 Å². The molecule has 6 nitrogen and oxygen atoms in total. The van der Waals surface area contributed by atoms with Crippen LogP contribution in [0.4, 0.5) is 5.82 Å². The Morgan fingerprint density at radius 2 is 1.90 bits per heavy atom. The average molecular weight is 284 g/mol. The van der Waals surface area contributed by atoms with Crippen LogP contribution in [0.5, 0.6) is 11.5 Å². The van der Waals surface area contributed by atoms with Crippen LogP contribution in [-0.2, 0) is 0 Å². The van der Waals surface area contributed by atoms with E-state index in [0.29, 0.717) is 5.56 Å². The second kappa shape index (κ2) is 6.41. The molecule has 0 aliphatic rings. The molecule has 1 heterocycles. The molecule has 0 aliphatic heterocycles. The number of nitrogens with zero attached hydrogens (tertiary/aromatic N) is 1. The van der Waals surface area contributed by atoms with Crippen LogP contribution in [0.1, 0.15) is 15.9 Å². The number of carbonyl (C=O) groups is 1. The molecule has 0 radical (unpaired) electrons. The van der Waals surface area contributed by atoms with E-state index in [1.165, 1.54) is 18.3 Å². The summed E-state index contributed by atoms with van der Waals surface area (Å²) >= 11 is 0. The van der Waals surface area contributed by atoms with Crippen molar-refractivity contribution in [3.05, 3.63) is 47.7 Å². The molecule has 1 amide bonds. The standard InChI is InChI=1S/C15H12N2O4/c18-5-1-2-10-3-4-16-14(6-10)17-15(21)11-7-12(19)9-13(20)8-11/h3-4,6-9,18-20H,5H2,(H,16,17,21). The third-order valence-electron chi connectivity index (χ3n) is 2.48. The molecule has 1 aromatic heterocycles. The summed E-state index contributed by atoms with van der Waals surface area (Å²) < 4.78 is 0. The highest BCUT2D eigenvalue weighted by Crippen LogP contribution is 2.21. The number of amides is 1. The summed E-state index contributed by atoms with van der Waals surface area (Å²) in [6, 6.07) is 6.76. The zero-order valence-corrected chi connectivity index (χ0v) is 10.9. The number of rotatable bonds is 2. The van der Waals surface area contributed by atoms with E-state index in [9.17, 15) is 15.0 Å². The van der Waals surface area contributed by atoms with Crippen molar-refractivity contribution in [3.8, 4) is 23.3 Å². The lowest BCUT2D eigenvalue weighted by Crippen LogP contribution is -2.12. The van der Waals surface area contributed by atoms with Crippen LogP contribution in [0.2, 0.25) is 0 Å². The minimum atomic E-state index is -0.527. The second-order valence-electron chi connectivity index (χ2n) is 4.08. The lowest BCUT2D eigenvalue weighted by molar-refractivity contribution is 0.102. The van der Waals surface area contributed by atoms with Crippen LogP contribution < -0.4 is 5.32 Å². The first-order valence-electron chi connectivity index (χ1n) is 5.98. The first-order valence-corrected chi connectivity index (χ1v) is 5.98. The maximum absolute atomic E-state index is 12.0. The molecule has 0 spiro atoms. The van der Waals surface area contributed by atoms with Crippen molar-refractivity contribution < 1.29 is 20.1 Å². The summed E-state index contributed by atoms with van der Waals surface area (Å²) in [7, 11) is 0. The van der Waals surface area contributed by atoms with Gasteiger partial charge in [-0.1, -0.05) is 11.8 Å². The van der Waals surface area contributed by atoms with E-state index in [4.69, 9.17) is 5.11 Å². The van der Waals surface area contributed by atoms with E-state index in [0.717, 1.165) is 6.07 Å². The highest BCUT2D eigenvalue weighted by atomic mass is 16.3. The number of aromatic nitrogens is 1. The van der Waals surface area contributed by atoms with Crippen LogP contribution in [0.25, 0.3) is 0 Å². The number of carbonyl (C=O) groups excluding carboxylic acids is 1. The second-order valence-corrected chi connectivity index (χ2v) is 4.08. The summed E-state index contributed by atoms with van der Waals surface area (Å²) in [6.07, 6.45) is 1.47. The largest absolute Gasteiger partial charge is 0.508 e. The summed E-state index contributed by atoms with van der Waals surface area (Å²) in [5.74, 6) is 4.50. The van der Waals surface area contributed by atoms with Gasteiger partial charge in [0.05, 0.1) is 0 Å². The van der Waals surface area contributed by atoms with Crippen LogP contribution in [0.3, 0.4) is 0 Å². The number of hydrogen-bond acceptors (Lipinski definition) is 5. The van der Waals surface area contributed by atoms with Crippen molar-refractivity contribution in [1.82, 2.24) is 4.98 Å². The van der Waals surface area contributed by atoms with Gasteiger partial charge in [-0.25, -0.2) is 4.98 Å². The third-order valence-corrected chi connectivity index (χ3v) is 2.48. The first kappa shape index (κ1) is 14.4. The third kappa shape index (κ3) is 3.96. The number of aliphatic hydroxyl groups is 1. The van der Waals surface area contributed by atoms with E-state index in [1.54, 1.807) is 12.1 Å². The molecular weight excluding hydrogens is 272 g/mol. The number of hydrogen-bond donors (Lipinski definition) is 4. The lowest BCUT2D eigenvalue weighted by atomic mass is 10.2. The maximum atomic E-state index is 12.0. The van der Waals surface area contributed by atoms with Crippen molar-refractivity contribution in [2.45, 2.75) is 0 Å². The van der Waals surface area contributed by atoms with Crippen molar-refractivity contribution >= 4 is 11.7 Å². The Kier molecular flexibility index (Phi) is 4.39. The molecular formula is C15H12N2O4. The number of benzene rings is 1. The number of phenols is 2. The highest BCUT2D eigenvalue weighted by molar-refractivity contribution is 6.04. The van der Waals surface area contributed by atoms with Crippen LogP contribution >= 0.6 is 0 Å². The quantitative estimate of drug-likeness (QED) is 0.618. The fourth-order valence-electron chi connectivity index (χ4n) is 1.63. The van der Waals surface area contributed by atoms with Gasteiger partial charge in [-0.3, -0.25) is 4.79 Å². The number of aromatic hydroxyl groups is 2. The smallest absolute Gasteiger partial charge is 0.257 e. The van der Waals surface area contributed by atoms with Gasteiger partial charge < -0.3 is 20.6 Å². The maximum Gasteiger partial charge on any atom is 0.257 e. The Morgan fingerprint density at radius 3 is 2.57 bits per heavy atom. The SMILES string of the molecule is O=C(Nc1cc(C#CCO)ccn1)c1cc(O)cc(O)c1. The van der Waals surface area contributed by atoms with E-state index in [2.05, 4.69) is 22.1 Å². The summed E-state index contributed by atoms with van der Waals surface area (Å²) in [4.78, 5) is 16.0. The Hall–Kier alpha value is -3.04. The van der Waals surface area contributed by atoms with Gasteiger partial charge in [0, 0.05) is 23.4 Å². The average Bonchev–Trinajstić information content (AvgIpc) is 2.44. The van der Waals surface area contributed by atoms with Gasteiger partial charge in [-0.2, -0.15) is 0 Å². The predicted molar refractivity (Wildman–Crippen MR) is 75.9 cm³/mol. The molecule has 0 unspecified atom stereocenters. The minimum absolute atomic E-state index is 0.0983. The number of phenolic OH excluding ortho intramolecular Hbond substituents is 2. The highest BCUT2D eigenvalue weighted by Gasteiger charge is 2.09. The number of aliphatic hydroxyl groups excluding tert-OH is 1. The topological polar surface area (TPSA) is 103 Å². The van der Waals surface area contributed by atoms with E-state index < -0.39 is 5.91 Å². The van der Waals surface area contributed by atoms with Crippen LogP contribution in [-0.4, -0.2) is 32.8 Å². The van der Waals surface area contributed by atoms with Crippen LogP contribution in [0, 0.1) is 11.8 Å². The molecule has 0 saturated heterocycles. The van der Waals surface area contributed by atoms with Crippen LogP contribution in [0.15, 0.2) is 36.5 Å². The van der Waals surface area contributed by atoms with E-state index >= 15 is 0 Å². The zero-order chi connectivity index (χ0) is 15.2. The molecule has 1 aromatic carbocycles. The van der Waals surface area contributed by atoms with E-state index in [1.807, 2.05) is 0 Å². The lowest BCUT2D eigenvalue weighted by Gasteiger charge is -2.05. The summed E-state index contributed by atoms with van der Waals surface area (Å²) in [5, 5.41) is 29.9. The predicted octanol–water partition coefficient (Wildman–Crippen LogP) is 1.09. The monoisotopic (exact) mass is 284 g/mol. The van der Waals surface area contributed by atoms with Gasteiger partial charge in [0.1, 0.15) is 23.9 Å². The zero-order valence-electron chi connectivity index (χ0n) is 10.9. The molecule has 4 N–H and O–H groups in total. The molecule has 2 rings (SSSR count). The van der Waals surface area contributed by atoms with Gasteiger partial charge in [-0.05, 0) is 24.3 Å². The number of pyridine rings is 1. The molecule has 0 fully saturated rings. The molecule has 0 atom stereocenters. The van der Waals surface area contributed by atoms with Gasteiger partial charge in [0.2, 0.25) is 0 Å². The first-order chi connectivity index (χ1) is 10.1.